The van der Waals surface area contributed by atoms with Gasteiger partial charge in [-0.15, -0.1) is 5.10 Å². The summed E-state index contributed by atoms with van der Waals surface area (Å²) in [6.45, 7) is 1.52. The van der Waals surface area contributed by atoms with Crippen molar-refractivity contribution in [2.75, 3.05) is 9.91 Å². The van der Waals surface area contributed by atoms with Gasteiger partial charge in [-0.05, 0) is 54.1 Å². The van der Waals surface area contributed by atoms with Gasteiger partial charge in [0.05, 0.1) is 5.69 Å². The zero-order valence-electron chi connectivity index (χ0n) is 15.1. The van der Waals surface area contributed by atoms with Crippen molar-refractivity contribution in [3.63, 3.8) is 0 Å². The van der Waals surface area contributed by atoms with Crippen LogP contribution in [0.4, 0.5) is 11.4 Å². The summed E-state index contributed by atoms with van der Waals surface area (Å²) in [5.74, 6) is 0.249. The van der Waals surface area contributed by atoms with E-state index in [1.54, 1.807) is 12.1 Å². The maximum absolute atomic E-state index is 12.5. The molecule has 1 heterocycles. The fourth-order valence-electron chi connectivity index (χ4n) is 3.24. The predicted molar refractivity (Wildman–Crippen MR) is 115 cm³/mol. The molecule has 0 saturated heterocycles. The molecule has 0 fully saturated rings. The minimum absolute atomic E-state index is 0.118. The molecule has 0 N–H and O–H groups in total. The highest BCUT2D eigenvalue weighted by Crippen LogP contribution is 2.39. The van der Waals surface area contributed by atoms with Crippen LogP contribution in [0.3, 0.4) is 0 Å². The number of amidine groups is 1. The topological polar surface area (TPSA) is 35.9 Å². The first-order chi connectivity index (χ1) is 13.5. The Balaban J connectivity index is 1.89. The van der Waals surface area contributed by atoms with Crippen LogP contribution in [-0.2, 0) is 4.79 Å². The van der Waals surface area contributed by atoms with E-state index in [9.17, 15) is 4.79 Å². The lowest BCUT2D eigenvalue weighted by Crippen LogP contribution is -2.37. The molecule has 3 aromatic carbocycles. The van der Waals surface area contributed by atoms with Gasteiger partial charge in [0.2, 0.25) is 0 Å². The van der Waals surface area contributed by atoms with Gasteiger partial charge >= 0.3 is 0 Å². The number of anilines is 2. The van der Waals surface area contributed by atoms with Crippen molar-refractivity contribution in [3.8, 4) is 0 Å². The Morgan fingerprint density at radius 1 is 0.821 bits per heavy atom. The lowest BCUT2D eigenvalue weighted by molar-refractivity contribution is -0.111. The molecule has 0 aromatic heterocycles. The normalized spacial score (nSPS) is 16.2. The second-order valence-electron chi connectivity index (χ2n) is 6.43. The molecule has 0 spiro atoms. The first kappa shape index (κ1) is 18.5. The van der Waals surface area contributed by atoms with Crippen molar-refractivity contribution >= 4 is 46.2 Å². The highest BCUT2D eigenvalue weighted by Gasteiger charge is 2.39. The zero-order valence-corrected chi connectivity index (χ0v) is 16.6. The fraction of sp³-hybridized carbons (Fsp3) is 0.0909. The number of ketones is 1. The van der Waals surface area contributed by atoms with Gasteiger partial charge in [0, 0.05) is 22.7 Å². The monoisotopic (exact) mass is 409 g/mol. The standard InChI is InChI=1S/C22H17Cl2N3O/c1-15(28)21-25-27(20-5-3-2-4-6-20)22(16-7-9-17(23)10-8-16)26(21)19-13-11-18(24)12-14-19/h2-14,22H,1H3/t22-/m0/s1. The average Bonchev–Trinajstić information content (AvgIpc) is 3.11. The third-order valence-corrected chi connectivity index (χ3v) is 5.02. The van der Waals surface area contributed by atoms with E-state index in [1.807, 2.05) is 76.6 Å². The summed E-state index contributed by atoms with van der Waals surface area (Å²) in [6.07, 6.45) is -0.334. The number of carbonyl (C=O) groups excluding carboxylic acids is 1. The summed E-state index contributed by atoms with van der Waals surface area (Å²) in [5, 5.41) is 7.82. The van der Waals surface area contributed by atoms with Gasteiger partial charge in [0.25, 0.3) is 0 Å². The lowest BCUT2D eigenvalue weighted by Gasteiger charge is -2.32. The summed E-state index contributed by atoms with van der Waals surface area (Å²) in [5.41, 5.74) is 2.68. The minimum Gasteiger partial charge on any atom is -0.295 e. The SMILES string of the molecule is CC(=O)C1=NN(c2ccccc2)[C@@H](c2ccc(Cl)cc2)N1c1ccc(Cl)cc1. The number of halogens is 2. The van der Waals surface area contributed by atoms with Crippen LogP contribution in [0.1, 0.15) is 18.7 Å². The molecule has 1 atom stereocenters. The van der Waals surface area contributed by atoms with Gasteiger partial charge in [-0.1, -0.05) is 53.5 Å². The van der Waals surface area contributed by atoms with Crippen molar-refractivity contribution < 1.29 is 4.79 Å². The van der Waals surface area contributed by atoms with E-state index in [4.69, 9.17) is 23.2 Å². The van der Waals surface area contributed by atoms with Crippen LogP contribution in [-0.4, -0.2) is 11.6 Å². The molecule has 1 aliphatic heterocycles. The number of Topliss-reactive ketones (excluding diaryl/α,β-unsaturated/α-hetero) is 1. The molecule has 0 amide bonds. The molecular formula is C22H17Cl2N3O. The van der Waals surface area contributed by atoms with Crippen LogP contribution < -0.4 is 9.91 Å². The largest absolute Gasteiger partial charge is 0.295 e. The van der Waals surface area contributed by atoms with Gasteiger partial charge in [-0.25, -0.2) is 5.01 Å². The Kier molecular flexibility index (Phi) is 5.07. The minimum atomic E-state index is -0.334. The molecule has 4 nitrogen and oxygen atoms in total. The molecule has 3 aromatic rings. The van der Waals surface area contributed by atoms with Gasteiger partial charge in [-0.2, -0.15) is 0 Å². The van der Waals surface area contributed by atoms with E-state index >= 15 is 0 Å². The fourth-order valence-corrected chi connectivity index (χ4v) is 3.49. The van der Waals surface area contributed by atoms with E-state index in [-0.39, 0.29) is 11.9 Å². The summed E-state index contributed by atoms with van der Waals surface area (Å²) >= 11 is 12.2. The van der Waals surface area contributed by atoms with E-state index < -0.39 is 0 Å². The molecule has 140 valence electrons. The number of para-hydroxylation sites is 1. The first-order valence-electron chi connectivity index (χ1n) is 8.79. The van der Waals surface area contributed by atoms with Crippen LogP contribution in [0.25, 0.3) is 0 Å². The van der Waals surface area contributed by atoms with Crippen LogP contribution in [0.5, 0.6) is 0 Å². The first-order valence-corrected chi connectivity index (χ1v) is 9.54. The lowest BCUT2D eigenvalue weighted by atomic mass is 10.1. The second-order valence-corrected chi connectivity index (χ2v) is 7.30. The molecule has 28 heavy (non-hydrogen) atoms. The molecule has 0 saturated carbocycles. The Labute approximate surface area is 173 Å². The van der Waals surface area contributed by atoms with Crippen molar-refractivity contribution in [1.82, 2.24) is 0 Å². The van der Waals surface area contributed by atoms with Crippen molar-refractivity contribution in [2.24, 2.45) is 5.10 Å². The quantitative estimate of drug-likeness (QED) is 0.536. The molecule has 1 aliphatic rings. The maximum atomic E-state index is 12.5. The summed E-state index contributed by atoms with van der Waals surface area (Å²) in [7, 11) is 0. The number of rotatable bonds is 4. The van der Waals surface area contributed by atoms with Gasteiger partial charge < -0.3 is 0 Å². The van der Waals surface area contributed by atoms with Crippen LogP contribution in [0, 0.1) is 0 Å². The Bertz CT molecular complexity index is 1020. The highest BCUT2D eigenvalue weighted by atomic mass is 35.5. The van der Waals surface area contributed by atoms with Crippen molar-refractivity contribution in [1.29, 1.82) is 0 Å². The van der Waals surface area contributed by atoms with Gasteiger partial charge in [0.1, 0.15) is 0 Å². The summed E-state index contributed by atoms with van der Waals surface area (Å²) in [4.78, 5) is 14.4. The van der Waals surface area contributed by atoms with Crippen LogP contribution in [0.15, 0.2) is 84.0 Å². The average molecular weight is 410 g/mol. The Morgan fingerprint density at radius 3 is 1.96 bits per heavy atom. The van der Waals surface area contributed by atoms with Gasteiger partial charge in [0.15, 0.2) is 17.8 Å². The molecule has 0 bridgehead atoms. The van der Waals surface area contributed by atoms with E-state index in [0.29, 0.717) is 15.9 Å². The number of nitrogens with zero attached hydrogens (tertiary/aromatic N) is 3. The number of benzene rings is 3. The molecule has 0 unspecified atom stereocenters. The predicted octanol–water partition coefficient (Wildman–Crippen LogP) is 5.92. The third-order valence-electron chi connectivity index (χ3n) is 4.52. The van der Waals surface area contributed by atoms with E-state index in [2.05, 4.69) is 5.10 Å². The Hall–Kier alpha value is -2.82. The summed E-state index contributed by atoms with van der Waals surface area (Å²) in [6, 6.07) is 24.7. The van der Waals surface area contributed by atoms with Crippen molar-refractivity contribution in [3.05, 3.63) is 94.5 Å². The van der Waals surface area contributed by atoms with Gasteiger partial charge in [-0.3, -0.25) is 9.69 Å². The summed E-state index contributed by atoms with van der Waals surface area (Å²) < 4.78 is 0. The number of carbonyl (C=O) groups is 1. The molecule has 6 heteroatoms. The van der Waals surface area contributed by atoms with Crippen LogP contribution >= 0.6 is 23.2 Å². The molecular weight excluding hydrogens is 393 g/mol. The second kappa shape index (κ2) is 7.66. The molecule has 4 rings (SSSR count). The number of hydrogen-bond donors (Lipinski definition) is 0. The van der Waals surface area contributed by atoms with E-state index in [1.165, 1.54) is 6.92 Å². The molecule has 0 radical (unpaired) electrons. The highest BCUT2D eigenvalue weighted by molar-refractivity contribution is 6.44. The smallest absolute Gasteiger partial charge is 0.198 e. The third kappa shape index (κ3) is 3.49. The number of hydrazone groups is 1. The molecule has 0 aliphatic carbocycles. The zero-order chi connectivity index (χ0) is 19.7. The Morgan fingerprint density at radius 2 is 1.39 bits per heavy atom. The van der Waals surface area contributed by atoms with Crippen molar-refractivity contribution in [2.45, 2.75) is 13.1 Å². The maximum Gasteiger partial charge on any atom is 0.198 e. The van der Waals surface area contributed by atoms with Crippen LogP contribution in [0.2, 0.25) is 10.0 Å². The number of hydrogen-bond acceptors (Lipinski definition) is 4. The van der Waals surface area contributed by atoms with E-state index in [0.717, 1.165) is 16.9 Å².